The number of hydrogen-bond donors (Lipinski definition) is 1. The number of fused-ring (bicyclic) bond motifs is 2. The van der Waals surface area contributed by atoms with Crippen molar-refractivity contribution in [2.24, 2.45) is 5.92 Å². The second-order valence-electron chi connectivity index (χ2n) is 7.25. The van der Waals surface area contributed by atoms with Crippen LogP contribution in [0.2, 0.25) is 0 Å². The van der Waals surface area contributed by atoms with Crippen LogP contribution < -0.4 is 5.32 Å². The molecule has 1 aliphatic heterocycles. The molecule has 1 saturated carbocycles. The Morgan fingerprint density at radius 2 is 1.96 bits per heavy atom. The maximum Gasteiger partial charge on any atom is 0.253 e. The molecule has 1 aromatic rings. The first kappa shape index (κ1) is 17.0. The van der Waals surface area contributed by atoms with Gasteiger partial charge in [0.05, 0.1) is 0 Å². The summed E-state index contributed by atoms with van der Waals surface area (Å²) in [7, 11) is 3.48. The van der Waals surface area contributed by atoms with Gasteiger partial charge < -0.3 is 10.2 Å². The lowest BCUT2D eigenvalue weighted by molar-refractivity contribution is -0.121. The van der Waals surface area contributed by atoms with Crippen molar-refractivity contribution in [3.8, 4) is 0 Å². The van der Waals surface area contributed by atoms with Crippen molar-refractivity contribution in [1.29, 1.82) is 0 Å². The van der Waals surface area contributed by atoms with E-state index in [1.807, 2.05) is 24.3 Å². The minimum atomic E-state index is -0.00880. The van der Waals surface area contributed by atoms with E-state index in [-0.39, 0.29) is 11.8 Å². The first-order valence-corrected chi connectivity index (χ1v) is 8.84. The molecule has 0 radical (unpaired) electrons. The third-order valence-corrected chi connectivity index (χ3v) is 5.25. The van der Waals surface area contributed by atoms with Crippen LogP contribution in [-0.4, -0.2) is 54.8 Å². The zero-order valence-corrected chi connectivity index (χ0v) is 14.6. The number of amides is 2. The molecule has 5 heteroatoms. The number of piperidine rings is 1. The van der Waals surface area contributed by atoms with Gasteiger partial charge in [-0.3, -0.25) is 14.5 Å². The Balaban J connectivity index is 1.40. The molecule has 5 nitrogen and oxygen atoms in total. The number of nitrogens with one attached hydrogen (secondary N) is 1. The number of rotatable bonds is 6. The molecular weight excluding hydrogens is 302 g/mol. The Kier molecular flexibility index (Phi) is 5.19. The van der Waals surface area contributed by atoms with Gasteiger partial charge in [0.2, 0.25) is 5.91 Å². The predicted molar refractivity (Wildman–Crippen MR) is 93.6 cm³/mol. The largest absolute Gasteiger partial charge is 0.352 e. The highest BCUT2D eigenvalue weighted by molar-refractivity contribution is 5.93. The average molecular weight is 329 g/mol. The van der Waals surface area contributed by atoms with Gasteiger partial charge in [-0.25, -0.2) is 0 Å². The Bertz CT molecular complexity index is 597. The molecule has 1 saturated heterocycles. The lowest BCUT2D eigenvalue weighted by atomic mass is 10.1. The highest BCUT2D eigenvalue weighted by Crippen LogP contribution is 2.37. The van der Waals surface area contributed by atoms with Crippen molar-refractivity contribution in [1.82, 2.24) is 15.1 Å². The van der Waals surface area contributed by atoms with Gasteiger partial charge in [-0.05, 0) is 42.9 Å². The van der Waals surface area contributed by atoms with Gasteiger partial charge in [-0.2, -0.15) is 0 Å². The zero-order valence-electron chi connectivity index (χ0n) is 14.6. The third kappa shape index (κ3) is 3.96. The molecule has 2 atom stereocenters. The minimum Gasteiger partial charge on any atom is -0.352 e. The maximum atomic E-state index is 12.0. The van der Waals surface area contributed by atoms with E-state index in [0.717, 1.165) is 24.1 Å². The van der Waals surface area contributed by atoms with Crippen molar-refractivity contribution in [2.75, 3.05) is 27.2 Å². The van der Waals surface area contributed by atoms with Gasteiger partial charge >= 0.3 is 0 Å². The standard InChI is InChI=1S/C19H27N3O2/c1-21(2)19(24)16-6-3-14(4-7-16)12-20-18(23)9-10-22-13-15-5-8-17(22)11-15/h3-4,6-7,15,17H,5,8-13H2,1-2H3,(H,20,23)/t15-,17+/m0/s1. The molecule has 2 bridgehead atoms. The van der Waals surface area contributed by atoms with E-state index in [2.05, 4.69) is 10.2 Å². The summed E-state index contributed by atoms with van der Waals surface area (Å²) in [5.41, 5.74) is 1.68. The Hall–Kier alpha value is -1.88. The summed E-state index contributed by atoms with van der Waals surface area (Å²) >= 11 is 0. The molecule has 1 heterocycles. The molecule has 0 spiro atoms. The van der Waals surface area contributed by atoms with Crippen LogP contribution >= 0.6 is 0 Å². The van der Waals surface area contributed by atoms with Crippen LogP contribution in [0.25, 0.3) is 0 Å². The van der Waals surface area contributed by atoms with Crippen molar-refractivity contribution >= 4 is 11.8 Å². The molecule has 1 aromatic carbocycles. The molecule has 3 rings (SSSR count). The minimum absolute atomic E-state index is 0.00880. The SMILES string of the molecule is CN(C)C(=O)c1ccc(CNC(=O)CCN2C[C@H]3CC[C@@H]2C3)cc1. The van der Waals surface area contributed by atoms with E-state index in [1.54, 1.807) is 19.0 Å². The van der Waals surface area contributed by atoms with Crippen LogP contribution in [0.3, 0.4) is 0 Å². The molecule has 2 fully saturated rings. The fourth-order valence-electron chi connectivity index (χ4n) is 3.86. The topological polar surface area (TPSA) is 52.7 Å². The second kappa shape index (κ2) is 7.34. The summed E-state index contributed by atoms with van der Waals surface area (Å²) in [6, 6.07) is 8.15. The van der Waals surface area contributed by atoms with Crippen LogP contribution in [0.15, 0.2) is 24.3 Å². The highest BCUT2D eigenvalue weighted by Gasteiger charge is 2.37. The number of carbonyl (C=O) groups excluding carboxylic acids is 2. The Labute approximate surface area is 144 Å². The molecule has 2 aliphatic rings. The fourth-order valence-corrected chi connectivity index (χ4v) is 3.86. The van der Waals surface area contributed by atoms with E-state index in [1.165, 1.54) is 25.8 Å². The number of hydrogen-bond acceptors (Lipinski definition) is 3. The molecular formula is C19H27N3O2. The normalized spacial score (nSPS) is 22.6. The zero-order chi connectivity index (χ0) is 17.1. The first-order valence-electron chi connectivity index (χ1n) is 8.84. The van der Waals surface area contributed by atoms with Crippen LogP contribution in [0.5, 0.6) is 0 Å². The van der Waals surface area contributed by atoms with E-state index < -0.39 is 0 Å². The molecule has 1 aliphatic carbocycles. The van der Waals surface area contributed by atoms with Gasteiger partial charge in [0.1, 0.15) is 0 Å². The van der Waals surface area contributed by atoms with Crippen LogP contribution in [0.4, 0.5) is 0 Å². The lowest BCUT2D eigenvalue weighted by Gasteiger charge is -2.26. The van der Waals surface area contributed by atoms with E-state index >= 15 is 0 Å². The van der Waals surface area contributed by atoms with Gasteiger partial charge in [0.25, 0.3) is 5.91 Å². The highest BCUT2D eigenvalue weighted by atomic mass is 16.2. The van der Waals surface area contributed by atoms with E-state index in [0.29, 0.717) is 18.5 Å². The van der Waals surface area contributed by atoms with E-state index in [9.17, 15) is 9.59 Å². The summed E-state index contributed by atoms with van der Waals surface area (Å²) in [6.07, 6.45) is 4.59. The summed E-state index contributed by atoms with van der Waals surface area (Å²) in [5, 5.41) is 2.98. The van der Waals surface area contributed by atoms with Gasteiger partial charge in [-0.1, -0.05) is 12.1 Å². The van der Waals surface area contributed by atoms with Crippen LogP contribution in [0.1, 0.15) is 41.6 Å². The third-order valence-electron chi connectivity index (χ3n) is 5.25. The van der Waals surface area contributed by atoms with Crippen molar-refractivity contribution in [3.63, 3.8) is 0 Å². The van der Waals surface area contributed by atoms with Crippen LogP contribution in [-0.2, 0) is 11.3 Å². The second-order valence-corrected chi connectivity index (χ2v) is 7.25. The van der Waals surface area contributed by atoms with Crippen molar-refractivity contribution in [3.05, 3.63) is 35.4 Å². The molecule has 0 unspecified atom stereocenters. The summed E-state index contributed by atoms with van der Waals surface area (Å²) in [4.78, 5) is 27.9. The van der Waals surface area contributed by atoms with Crippen LogP contribution in [0, 0.1) is 5.92 Å². The monoisotopic (exact) mass is 329 g/mol. The van der Waals surface area contributed by atoms with Gasteiger partial charge in [0.15, 0.2) is 0 Å². The van der Waals surface area contributed by atoms with Gasteiger partial charge in [0, 0.05) is 51.8 Å². The van der Waals surface area contributed by atoms with Gasteiger partial charge in [-0.15, -0.1) is 0 Å². The molecule has 130 valence electrons. The molecule has 2 amide bonds. The molecule has 0 aromatic heterocycles. The van der Waals surface area contributed by atoms with E-state index in [4.69, 9.17) is 0 Å². The Morgan fingerprint density at radius 1 is 1.21 bits per heavy atom. The fraction of sp³-hybridized carbons (Fsp3) is 0.579. The summed E-state index contributed by atoms with van der Waals surface area (Å²) < 4.78 is 0. The quantitative estimate of drug-likeness (QED) is 0.867. The smallest absolute Gasteiger partial charge is 0.253 e. The van der Waals surface area contributed by atoms with Crippen molar-refractivity contribution < 1.29 is 9.59 Å². The molecule has 1 N–H and O–H groups in total. The first-order chi connectivity index (χ1) is 11.5. The number of nitrogens with zero attached hydrogens (tertiary/aromatic N) is 2. The molecule has 24 heavy (non-hydrogen) atoms. The predicted octanol–water partition coefficient (Wildman–Crippen LogP) is 1.88. The Morgan fingerprint density at radius 3 is 2.54 bits per heavy atom. The lowest BCUT2D eigenvalue weighted by Crippen LogP contribution is -2.35. The average Bonchev–Trinajstić information content (AvgIpc) is 3.21. The number of likely N-dealkylation sites (tertiary alicyclic amines) is 1. The summed E-state index contributed by atoms with van der Waals surface area (Å²) in [6.45, 7) is 2.57. The number of benzene rings is 1. The van der Waals surface area contributed by atoms with Crippen molar-refractivity contribution in [2.45, 2.75) is 38.3 Å². The maximum absolute atomic E-state index is 12.0. The number of carbonyl (C=O) groups is 2. The summed E-state index contributed by atoms with van der Waals surface area (Å²) in [5.74, 6) is 0.971.